The Bertz CT molecular complexity index is 1330. The van der Waals surface area contributed by atoms with E-state index in [0.29, 0.717) is 29.0 Å². The van der Waals surface area contributed by atoms with E-state index in [4.69, 9.17) is 25.8 Å². The van der Waals surface area contributed by atoms with Gasteiger partial charge < -0.3 is 14.2 Å². The van der Waals surface area contributed by atoms with Crippen molar-refractivity contribution in [3.8, 4) is 17.4 Å². The van der Waals surface area contributed by atoms with Crippen LogP contribution in [-0.2, 0) is 26.0 Å². The van der Waals surface area contributed by atoms with E-state index in [-0.39, 0.29) is 23.5 Å². The monoisotopic (exact) mass is 551 g/mol. The second-order valence-corrected chi connectivity index (χ2v) is 11.8. The Morgan fingerprint density at radius 1 is 1.24 bits per heavy atom. The molecule has 200 valence electrons. The highest BCUT2D eigenvalue weighted by molar-refractivity contribution is 7.93. The molecule has 4 rings (SSSR count). The van der Waals surface area contributed by atoms with Crippen LogP contribution in [0.1, 0.15) is 45.5 Å². The second kappa shape index (κ2) is 10.9. The molecule has 3 aromatic heterocycles. The van der Waals surface area contributed by atoms with Gasteiger partial charge in [0.05, 0.1) is 30.4 Å². The van der Waals surface area contributed by atoms with E-state index in [0.717, 1.165) is 12.8 Å². The predicted octanol–water partition coefficient (Wildman–Crippen LogP) is 3.27. The van der Waals surface area contributed by atoms with Gasteiger partial charge in [0.1, 0.15) is 17.0 Å². The molecule has 0 radical (unpaired) electrons. The molecule has 1 N–H and O–H groups in total. The molecular formula is C23H30ClN7O5S. The lowest BCUT2D eigenvalue weighted by Crippen LogP contribution is -2.34. The molecule has 3 aromatic rings. The van der Waals surface area contributed by atoms with Crippen molar-refractivity contribution in [3.05, 3.63) is 41.4 Å². The van der Waals surface area contributed by atoms with E-state index in [1.165, 1.54) is 33.5 Å². The topological polar surface area (TPSA) is 143 Å². The SMILES string of the molecule is COc1cccc(-c2nnc(NS(=O)(=O)C(C)C(OC)c3ncc(Cl)cn3)n2C[C@H]2CCC(C)(C)O2)n1. The first kappa shape index (κ1) is 27.2. The average Bonchev–Trinajstić information content (AvgIpc) is 3.42. The minimum Gasteiger partial charge on any atom is -0.481 e. The number of anilines is 1. The largest absolute Gasteiger partial charge is 0.481 e. The van der Waals surface area contributed by atoms with Crippen LogP contribution in [-0.4, -0.2) is 69.3 Å². The van der Waals surface area contributed by atoms with Crippen molar-refractivity contribution >= 4 is 27.6 Å². The van der Waals surface area contributed by atoms with E-state index in [1.54, 1.807) is 22.8 Å². The van der Waals surface area contributed by atoms with Gasteiger partial charge >= 0.3 is 0 Å². The summed E-state index contributed by atoms with van der Waals surface area (Å²) in [5.41, 5.74) is 0.206. The number of halogens is 1. The number of pyridine rings is 1. The maximum atomic E-state index is 13.5. The van der Waals surface area contributed by atoms with Gasteiger partial charge in [0.15, 0.2) is 11.6 Å². The molecule has 3 atom stereocenters. The lowest BCUT2D eigenvalue weighted by molar-refractivity contribution is -0.0213. The highest BCUT2D eigenvalue weighted by Crippen LogP contribution is 2.32. The molecule has 0 amide bonds. The van der Waals surface area contributed by atoms with Gasteiger partial charge in [-0.3, -0.25) is 9.29 Å². The van der Waals surface area contributed by atoms with Crippen LogP contribution in [0.3, 0.4) is 0 Å². The highest BCUT2D eigenvalue weighted by atomic mass is 35.5. The summed E-state index contributed by atoms with van der Waals surface area (Å²) >= 11 is 5.88. The van der Waals surface area contributed by atoms with E-state index in [2.05, 4.69) is 29.9 Å². The van der Waals surface area contributed by atoms with Crippen molar-refractivity contribution < 1.29 is 22.6 Å². The number of aromatic nitrogens is 6. The average molecular weight is 552 g/mol. The van der Waals surface area contributed by atoms with Crippen LogP contribution in [0.4, 0.5) is 5.95 Å². The van der Waals surface area contributed by atoms with Crippen LogP contribution >= 0.6 is 11.6 Å². The zero-order valence-electron chi connectivity index (χ0n) is 21.3. The van der Waals surface area contributed by atoms with E-state index < -0.39 is 21.4 Å². The Hall–Kier alpha value is -2.87. The third-order valence-electron chi connectivity index (χ3n) is 6.15. The third-order valence-corrected chi connectivity index (χ3v) is 8.04. The van der Waals surface area contributed by atoms with Gasteiger partial charge in [0.25, 0.3) is 0 Å². The summed E-state index contributed by atoms with van der Waals surface area (Å²) in [4.78, 5) is 12.7. The zero-order valence-corrected chi connectivity index (χ0v) is 22.8. The zero-order chi connectivity index (χ0) is 26.8. The van der Waals surface area contributed by atoms with Crippen LogP contribution in [0.5, 0.6) is 5.88 Å². The van der Waals surface area contributed by atoms with E-state index in [9.17, 15) is 8.42 Å². The van der Waals surface area contributed by atoms with Gasteiger partial charge in [-0.2, -0.15) is 0 Å². The Morgan fingerprint density at radius 2 is 1.97 bits per heavy atom. The Kier molecular flexibility index (Phi) is 7.97. The van der Waals surface area contributed by atoms with E-state index in [1.807, 2.05) is 13.8 Å². The smallest absolute Gasteiger partial charge is 0.240 e. The van der Waals surface area contributed by atoms with Crippen LogP contribution in [0, 0.1) is 0 Å². The van der Waals surface area contributed by atoms with Gasteiger partial charge in [0, 0.05) is 25.6 Å². The molecule has 1 saturated heterocycles. The Labute approximate surface area is 220 Å². The third kappa shape index (κ3) is 6.17. The van der Waals surface area contributed by atoms with Crippen LogP contribution in [0.2, 0.25) is 5.02 Å². The van der Waals surface area contributed by atoms with Crippen molar-refractivity contribution in [2.75, 3.05) is 18.9 Å². The molecule has 1 aliphatic rings. The molecular weight excluding hydrogens is 522 g/mol. The van der Waals surface area contributed by atoms with Crippen LogP contribution in [0.25, 0.3) is 11.5 Å². The molecule has 0 saturated carbocycles. The standard InChI is InChI=1S/C23H30ClN7O5S/c1-14(19(35-5)20-25-11-15(24)12-26-20)37(32,33)30-22-29-28-21(17-7-6-8-18(27-17)34-4)31(22)13-16-9-10-23(2,3)36-16/h6-8,11-12,14,16,19H,9-10,13H2,1-5H3,(H,29,30)/t14?,16-,19?/m1/s1. The summed E-state index contributed by atoms with van der Waals surface area (Å²) in [6.07, 6.45) is 3.33. The minimum atomic E-state index is -4.04. The molecule has 14 heteroatoms. The van der Waals surface area contributed by atoms with Crippen molar-refractivity contribution in [3.63, 3.8) is 0 Å². The van der Waals surface area contributed by atoms with E-state index >= 15 is 0 Å². The predicted molar refractivity (Wildman–Crippen MR) is 137 cm³/mol. The number of nitrogens with zero attached hydrogens (tertiary/aromatic N) is 6. The number of rotatable bonds is 10. The van der Waals surface area contributed by atoms with Crippen LogP contribution in [0.15, 0.2) is 30.6 Å². The molecule has 0 aliphatic carbocycles. The molecule has 1 aliphatic heterocycles. The molecule has 0 bridgehead atoms. The second-order valence-electron chi connectivity index (χ2n) is 9.33. The maximum absolute atomic E-state index is 13.5. The number of hydrogen-bond donors (Lipinski definition) is 1. The number of methoxy groups -OCH3 is 2. The molecule has 37 heavy (non-hydrogen) atoms. The lowest BCUT2D eigenvalue weighted by Gasteiger charge is -2.23. The first-order chi connectivity index (χ1) is 17.5. The number of sulfonamides is 1. The first-order valence-corrected chi connectivity index (χ1v) is 13.6. The van der Waals surface area contributed by atoms with Gasteiger partial charge in [-0.15, -0.1) is 10.2 Å². The summed E-state index contributed by atoms with van der Waals surface area (Å²) in [6.45, 7) is 5.88. The number of nitrogens with one attached hydrogen (secondary N) is 1. The Balaban J connectivity index is 1.67. The molecule has 0 spiro atoms. The van der Waals surface area contributed by atoms with Gasteiger partial charge in [0.2, 0.25) is 21.9 Å². The summed E-state index contributed by atoms with van der Waals surface area (Å²) in [5, 5.41) is 7.67. The van der Waals surface area contributed by atoms with Crippen molar-refractivity contribution in [1.29, 1.82) is 0 Å². The fourth-order valence-electron chi connectivity index (χ4n) is 4.16. The summed E-state index contributed by atoms with van der Waals surface area (Å²) in [6, 6.07) is 5.24. The Morgan fingerprint density at radius 3 is 2.59 bits per heavy atom. The molecule has 12 nitrogen and oxygen atoms in total. The molecule has 1 fully saturated rings. The fourth-order valence-corrected chi connectivity index (χ4v) is 5.41. The number of hydrogen-bond acceptors (Lipinski definition) is 10. The normalized spacial score (nSPS) is 18.9. The maximum Gasteiger partial charge on any atom is 0.240 e. The molecule has 0 aromatic carbocycles. The first-order valence-electron chi connectivity index (χ1n) is 11.7. The van der Waals surface area contributed by atoms with Crippen LogP contribution < -0.4 is 9.46 Å². The summed E-state index contributed by atoms with van der Waals surface area (Å²) < 4.78 is 48.0. The van der Waals surface area contributed by atoms with Gasteiger partial charge in [-0.1, -0.05) is 17.7 Å². The van der Waals surface area contributed by atoms with Gasteiger partial charge in [-0.05, 0) is 39.7 Å². The minimum absolute atomic E-state index is 0.0339. The lowest BCUT2D eigenvalue weighted by atomic mass is 10.1. The number of ether oxygens (including phenoxy) is 3. The van der Waals surface area contributed by atoms with Gasteiger partial charge in [-0.25, -0.2) is 23.4 Å². The summed E-state index contributed by atoms with van der Waals surface area (Å²) in [7, 11) is -1.13. The molecule has 2 unspecified atom stereocenters. The fraction of sp³-hybridized carbons (Fsp3) is 0.522. The van der Waals surface area contributed by atoms with Crippen molar-refractivity contribution in [2.24, 2.45) is 0 Å². The molecule has 4 heterocycles. The quantitative estimate of drug-likeness (QED) is 0.398. The highest BCUT2D eigenvalue weighted by Gasteiger charge is 2.36. The van der Waals surface area contributed by atoms with Crippen molar-refractivity contribution in [2.45, 2.75) is 63.2 Å². The summed E-state index contributed by atoms with van der Waals surface area (Å²) in [5.74, 6) is 0.995. The van der Waals surface area contributed by atoms with Crippen molar-refractivity contribution in [1.82, 2.24) is 29.7 Å².